The molecule has 0 fully saturated rings. The molecule has 1 aromatic carbocycles. The van der Waals surface area contributed by atoms with Gasteiger partial charge in [-0.3, -0.25) is 9.97 Å². The second-order valence-corrected chi connectivity index (χ2v) is 4.26. The number of hydrogen-bond acceptors (Lipinski definition) is 4. The Bertz CT molecular complexity index is 690. The molecule has 0 saturated heterocycles. The van der Waals surface area contributed by atoms with Crippen molar-refractivity contribution in [2.24, 2.45) is 0 Å². The Kier molecular flexibility index (Phi) is 2.98. The zero-order valence-electron chi connectivity index (χ0n) is 10.2. The van der Waals surface area contributed by atoms with Crippen molar-refractivity contribution in [2.75, 3.05) is 5.32 Å². The van der Waals surface area contributed by atoms with Crippen molar-refractivity contribution >= 4 is 16.5 Å². The van der Waals surface area contributed by atoms with Crippen LogP contribution in [0.2, 0.25) is 0 Å². The van der Waals surface area contributed by atoms with Crippen LogP contribution in [-0.2, 0) is 6.54 Å². The van der Waals surface area contributed by atoms with Crippen LogP contribution in [0.4, 0.5) is 5.69 Å². The van der Waals surface area contributed by atoms with E-state index in [9.17, 15) is 5.11 Å². The predicted octanol–water partition coefficient (Wildman–Crippen LogP) is 2.95. The van der Waals surface area contributed by atoms with Crippen LogP contribution in [0.5, 0.6) is 5.75 Å². The summed E-state index contributed by atoms with van der Waals surface area (Å²) < 4.78 is 0. The first-order valence-corrected chi connectivity index (χ1v) is 6.03. The number of benzene rings is 1. The van der Waals surface area contributed by atoms with E-state index in [1.807, 2.05) is 24.4 Å². The summed E-state index contributed by atoms with van der Waals surface area (Å²) in [5, 5.41) is 14.8. The number of aromatic nitrogens is 2. The number of anilines is 1. The summed E-state index contributed by atoms with van der Waals surface area (Å²) in [5.41, 5.74) is 1.90. The minimum atomic E-state index is 0.179. The second kappa shape index (κ2) is 4.94. The summed E-state index contributed by atoms with van der Waals surface area (Å²) in [6.07, 6.45) is 5.08. The number of nitrogens with zero attached hydrogens (tertiary/aromatic N) is 2. The lowest BCUT2D eigenvalue weighted by Crippen LogP contribution is -2.01. The third-order valence-electron chi connectivity index (χ3n) is 2.95. The molecule has 0 radical (unpaired) electrons. The lowest BCUT2D eigenvalue weighted by molar-refractivity contribution is 0.472. The Morgan fingerprint density at radius 2 is 2.00 bits per heavy atom. The summed E-state index contributed by atoms with van der Waals surface area (Å²) >= 11 is 0. The van der Waals surface area contributed by atoms with E-state index in [2.05, 4.69) is 21.4 Å². The smallest absolute Gasteiger partial charge is 0.133 e. The van der Waals surface area contributed by atoms with Gasteiger partial charge in [0.15, 0.2) is 0 Å². The fourth-order valence-electron chi connectivity index (χ4n) is 1.97. The molecule has 2 N–H and O–H groups in total. The Morgan fingerprint density at radius 1 is 1.05 bits per heavy atom. The summed E-state index contributed by atoms with van der Waals surface area (Å²) in [5.74, 6) is 0.179. The summed E-state index contributed by atoms with van der Waals surface area (Å²) in [6.45, 7) is 0.605. The molecule has 0 amide bonds. The first-order valence-electron chi connectivity index (χ1n) is 6.03. The molecule has 0 aliphatic heterocycles. The molecule has 0 aliphatic carbocycles. The fraction of sp³-hybridized carbons (Fsp3) is 0.0667. The molecule has 19 heavy (non-hydrogen) atoms. The van der Waals surface area contributed by atoms with Gasteiger partial charge in [0.1, 0.15) is 5.75 Å². The minimum absolute atomic E-state index is 0.179. The van der Waals surface area contributed by atoms with Gasteiger partial charge >= 0.3 is 0 Å². The van der Waals surface area contributed by atoms with Gasteiger partial charge in [-0.05, 0) is 29.7 Å². The van der Waals surface area contributed by atoms with Gasteiger partial charge in [-0.25, -0.2) is 0 Å². The van der Waals surface area contributed by atoms with Gasteiger partial charge < -0.3 is 10.4 Å². The number of aromatic hydroxyl groups is 1. The van der Waals surface area contributed by atoms with Gasteiger partial charge in [0, 0.05) is 23.5 Å². The van der Waals surface area contributed by atoms with Gasteiger partial charge in [-0.15, -0.1) is 0 Å². The second-order valence-electron chi connectivity index (χ2n) is 4.26. The standard InChI is InChI=1S/C15H13N3O/c19-13-5-4-12(17-9-13)8-18-15-3-1-2-11-6-7-16-10-14(11)15/h1-7,9-10,18-19H,8H2. The van der Waals surface area contributed by atoms with E-state index in [-0.39, 0.29) is 5.75 Å². The van der Waals surface area contributed by atoms with Crippen molar-refractivity contribution in [3.8, 4) is 5.75 Å². The molecule has 0 bridgehead atoms. The van der Waals surface area contributed by atoms with Crippen LogP contribution in [0.15, 0.2) is 55.0 Å². The van der Waals surface area contributed by atoms with Crippen LogP contribution in [0, 0.1) is 0 Å². The SMILES string of the molecule is Oc1ccc(CNc2cccc3ccncc23)nc1. The Labute approximate surface area is 110 Å². The van der Waals surface area contributed by atoms with Crippen molar-refractivity contribution in [3.63, 3.8) is 0 Å². The molecule has 2 aromatic heterocycles. The average molecular weight is 251 g/mol. The first kappa shape index (κ1) is 11.5. The van der Waals surface area contributed by atoms with Crippen LogP contribution >= 0.6 is 0 Å². The maximum absolute atomic E-state index is 9.19. The molecule has 4 heteroatoms. The number of hydrogen-bond donors (Lipinski definition) is 2. The predicted molar refractivity (Wildman–Crippen MR) is 75.0 cm³/mol. The molecule has 3 rings (SSSR count). The normalized spacial score (nSPS) is 10.5. The van der Waals surface area contributed by atoms with Gasteiger partial charge in [0.2, 0.25) is 0 Å². The van der Waals surface area contributed by atoms with E-state index in [0.717, 1.165) is 22.2 Å². The van der Waals surface area contributed by atoms with Gasteiger partial charge in [0.05, 0.1) is 18.4 Å². The van der Waals surface area contributed by atoms with E-state index in [0.29, 0.717) is 6.54 Å². The van der Waals surface area contributed by atoms with Crippen LogP contribution in [0.25, 0.3) is 10.8 Å². The highest BCUT2D eigenvalue weighted by Gasteiger charge is 2.01. The van der Waals surface area contributed by atoms with Crippen molar-refractivity contribution in [2.45, 2.75) is 6.54 Å². The molecular formula is C15H13N3O. The number of fused-ring (bicyclic) bond motifs is 1. The molecule has 4 nitrogen and oxygen atoms in total. The zero-order chi connectivity index (χ0) is 13.1. The maximum atomic E-state index is 9.19. The molecule has 0 aliphatic rings. The quantitative estimate of drug-likeness (QED) is 0.751. The summed E-state index contributed by atoms with van der Waals surface area (Å²) in [4.78, 5) is 8.30. The number of pyridine rings is 2. The van der Waals surface area contributed by atoms with Crippen LogP contribution in [-0.4, -0.2) is 15.1 Å². The maximum Gasteiger partial charge on any atom is 0.133 e. The van der Waals surface area contributed by atoms with Crippen LogP contribution in [0.1, 0.15) is 5.69 Å². The molecule has 0 saturated carbocycles. The van der Waals surface area contributed by atoms with E-state index in [4.69, 9.17) is 0 Å². The van der Waals surface area contributed by atoms with Crippen molar-refractivity contribution in [1.82, 2.24) is 9.97 Å². The third kappa shape index (κ3) is 2.47. The summed E-state index contributed by atoms with van der Waals surface area (Å²) in [7, 11) is 0. The highest BCUT2D eigenvalue weighted by molar-refractivity contribution is 5.92. The lowest BCUT2D eigenvalue weighted by Gasteiger charge is -2.09. The highest BCUT2D eigenvalue weighted by atomic mass is 16.3. The molecular weight excluding hydrogens is 238 g/mol. The van der Waals surface area contributed by atoms with Gasteiger partial charge in [-0.1, -0.05) is 12.1 Å². The average Bonchev–Trinajstić information content (AvgIpc) is 2.47. The highest BCUT2D eigenvalue weighted by Crippen LogP contribution is 2.22. The largest absolute Gasteiger partial charge is 0.506 e. The van der Waals surface area contributed by atoms with Gasteiger partial charge in [-0.2, -0.15) is 0 Å². The molecule has 0 spiro atoms. The molecule has 0 atom stereocenters. The van der Waals surface area contributed by atoms with Crippen molar-refractivity contribution < 1.29 is 5.11 Å². The summed E-state index contributed by atoms with van der Waals surface area (Å²) in [6, 6.07) is 11.5. The Morgan fingerprint density at radius 3 is 2.84 bits per heavy atom. The van der Waals surface area contributed by atoms with E-state index in [1.54, 1.807) is 18.3 Å². The fourth-order valence-corrected chi connectivity index (χ4v) is 1.97. The lowest BCUT2D eigenvalue weighted by atomic mass is 10.1. The van der Waals surface area contributed by atoms with Crippen LogP contribution in [0.3, 0.4) is 0 Å². The van der Waals surface area contributed by atoms with Gasteiger partial charge in [0.25, 0.3) is 0 Å². The first-order chi connectivity index (χ1) is 9.33. The Hall–Kier alpha value is -2.62. The van der Waals surface area contributed by atoms with Crippen LogP contribution < -0.4 is 5.32 Å². The zero-order valence-corrected chi connectivity index (χ0v) is 10.2. The number of nitrogens with one attached hydrogen (secondary N) is 1. The molecule has 0 unspecified atom stereocenters. The Balaban J connectivity index is 1.84. The van der Waals surface area contributed by atoms with Crippen molar-refractivity contribution in [3.05, 3.63) is 60.7 Å². The minimum Gasteiger partial charge on any atom is -0.506 e. The monoisotopic (exact) mass is 251 g/mol. The molecule has 94 valence electrons. The van der Waals surface area contributed by atoms with E-state index in [1.165, 1.54) is 6.20 Å². The topological polar surface area (TPSA) is 58.0 Å². The number of rotatable bonds is 3. The molecule has 3 aromatic rings. The van der Waals surface area contributed by atoms with Crippen molar-refractivity contribution in [1.29, 1.82) is 0 Å². The third-order valence-corrected chi connectivity index (χ3v) is 2.95. The molecule has 2 heterocycles. The van der Waals surface area contributed by atoms with E-state index < -0.39 is 0 Å². The van der Waals surface area contributed by atoms with E-state index >= 15 is 0 Å².